The number of rotatable bonds is 7. The standard InChI is InChI=1S/C28H39F/c1-2-3-4-21-5-7-22(8-6-21)9-10-23-11-13-24(14-12-23)25-15-16-27-20-28(29)18-17-26(27)19-25/h15-24H,2-14H2,1H3/t21-,22-,23-,24-. The summed E-state index contributed by atoms with van der Waals surface area (Å²) in [6, 6.07) is 11.8. The Morgan fingerprint density at radius 1 is 0.690 bits per heavy atom. The van der Waals surface area contributed by atoms with E-state index in [4.69, 9.17) is 0 Å². The topological polar surface area (TPSA) is 0 Å². The van der Waals surface area contributed by atoms with Crippen LogP contribution in [-0.2, 0) is 0 Å². The van der Waals surface area contributed by atoms with Gasteiger partial charge in [0.1, 0.15) is 5.82 Å². The number of hydrogen-bond donors (Lipinski definition) is 0. The summed E-state index contributed by atoms with van der Waals surface area (Å²) in [7, 11) is 0. The zero-order chi connectivity index (χ0) is 20.1. The summed E-state index contributed by atoms with van der Waals surface area (Å²) in [5, 5.41) is 2.20. The van der Waals surface area contributed by atoms with Gasteiger partial charge in [-0.1, -0.05) is 89.0 Å². The Kier molecular flexibility index (Phi) is 7.27. The van der Waals surface area contributed by atoms with Crippen molar-refractivity contribution in [3.8, 4) is 0 Å². The van der Waals surface area contributed by atoms with Gasteiger partial charge in [-0.3, -0.25) is 0 Å². The molecule has 0 bridgehead atoms. The maximum Gasteiger partial charge on any atom is 0.123 e. The van der Waals surface area contributed by atoms with Crippen molar-refractivity contribution in [2.45, 2.75) is 96.3 Å². The van der Waals surface area contributed by atoms with Gasteiger partial charge in [-0.15, -0.1) is 0 Å². The van der Waals surface area contributed by atoms with Gasteiger partial charge in [0.2, 0.25) is 0 Å². The van der Waals surface area contributed by atoms with Crippen molar-refractivity contribution in [3.63, 3.8) is 0 Å². The molecule has 0 saturated heterocycles. The van der Waals surface area contributed by atoms with Gasteiger partial charge in [0.05, 0.1) is 0 Å². The number of unbranched alkanes of at least 4 members (excludes halogenated alkanes) is 1. The highest BCUT2D eigenvalue weighted by atomic mass is 19.1. The molecule has 2 aromatic carbocycles. The van der Waals surface area contributed by atoms with Gasteiger partial charge in [0.25, 0.3) is 0 Å². The first-order valence-electron chi connectivity index (χ1n) is 12.4. The van der Waals surface area contributed by atoms with Crippen LogP contribution < -0.4 is 0 Å². The van der Waals surface area contributed by atoms with E-state index < -0.39 is 0 Å². The Morgan fingerprint density at radius 3 is 1.90 bits per heavy atom. The van der Waals surface area contributed by atoms with E-state index in [0.717, 1.165) is 23.1 Å². The lowest BCUT2D eigenvalue weighted by atomic mass is 9.74. The molecule has 2 saturated carbocycles. The summed E-state index contributed by atoms with van der Waals surface area (Å²) in [5.41, 5.74) is 1.47. The summed E-state index contributed by atoms with van der Waals surface area (Å²) < 4.78 is 13.4. The molecule has 0 aromatic heterocycles. The summed E-state index contributed by atoms with van der Waals surface area (Å²) in [6.07, 6.45) is 18.7. The van der Waals surface area contributed by atoms with Gasteiger partial charge < -0.3 is 0 Å². The van der Waals surface area contributed by atoms with Crippen LogP contribution in [0.25, 0.3) is 10.8 Å². The molecule has 0 amide bonds. The van der Waals surface area contributed by atoms with E-state index in [2.05, 4.69) is 25.1 Å². The molecule has 0 spiro atoms. The van der Waals surface area contributed by atoms with Crippen molar-refractivity contribution in [3.05, 3.63) is 47.8 Å². The van der Waals surface area contributed by atoms with Gasteiger partial charge in [0.15, 0.2) is 0 Å². The fourth-order valence-corrected chi connectivity index (χ4v) is 6.05. The third kappa shape index (κ3) is 5.62. The largest absolute Gasteiger partial charge is 0.207 e. The number of benzene rings is 2. The molecular weight excluding hydrogens is 355 g/mol. The second-order valence-corrected chi connectivity index (χ2v) is 10.1. The van der Waals surface area contributed by atoms with Gasteiger partial charge >= 0.3 is 0 Å². The minimum absolute atomic E-state index is 0.139. The van der Waals surface area contributed by atoms with Crippen molar-refractivity contribution in [2.75, 3.05) is 0 Å². The Morgan fingerprint density at radius 2 is 1.24 bits per heavy atom. The zero-order valence-electron chi connectivity index (χ0n) is 18.3. The quantitative estimate of drug-likeness (QED) is 0.439. The van der Waals surface area contributed by atoms with Gasteiger partial charge in [-0.2, -0.15) is 0 Å². The van der Waals surface area contributed by atoms with Gasteiger partial charge in [-0.25, -0.2) is 4.39 Å². The molecule has 2 aliphatic rings. The summed E-state index contributed by atoms with van der Waals surface area (Å²) in [4.78, 5) is 0. The predicted octanol–water partition coefficient (Wildman–Crippen LogP) is 9.03. The third-order valence-electron chi connectivity index (χ3n) is 8.06. The fraction of sp³-hybridized carbons (Fsp3) is 0.643. The second-order valence-electron chi connectivity index (χ2n) is 10.1. The highest BCUT2D eigenvalue weighted by Crippen LogP contribution is 2.40. The van der Waals surface area contributed by atoms with E-state index in [1.165, 1.54) is 94.4 Å². The van der Waals surface area contributed by atoms with E-state index in [1.54, 1.807) is 12.1 Å². The predicted molar refractivity (Wildman–Crippen MR) is 123 cm³/mol. The molecule has 0 N–H and O–H groups in total. The number of fused-ring (bicyclic) bond motifs is 1. The molecule has 29 heavy (non-hydrogen) atoms. The van der Waals surface area contributed by atoms with E-state index in [-0.39, 0.29) is 5.82 Å². The maximum absolute atomic E-state index is 13.4. The average Bonchev–Trinajstić information content (AvgIpc) is 2.77. The highest BCUT2D eigenvalue weighted by molar-refractivity contribution is 5.83. The molecule has 0 radical (unpaired) electrons. The second kappa shape index (κ2) is 10.1. The van der Waals surface area contributed by atoms with Crippen LogP contribution in [-0.4, -0.2) is 0 Å². The summed E-state index contributed by atoms with van der Waals surface area (Å²) in [5.74, 6) is 3.58. The highest BCUT2D eigenvalue weighted by Gasteiger charge is 2.25. The van der Waals surface area contributed by atoms with Crippen molar-refractivity contribution in [1.29, 1.82) is 0 Å². The van der Waals surface area contributed by atoms with Crippen LogP contribution in [0.5, 0.6) is 0 Å². The fourth-order valence-electron chi connectivity index (χ4n) is 6.05. The van der Waals surface area contributed by atoms with E-state index in [0.29, 0.717) is 5.92 Å². The Balaban J connectivity index is 1.20. The first kappa shape index (κ1) is 20.9. The minimum Gasteiger partial charge on any atom is -0.207 e. The first-order chi connectivity index (χ1) is 14.2. The molecule has 2 aromatic rings. The molecule has 1 heteroatoms. The van der Waals surface area contributed by atoms with Crippen LogP contribution in [0.1, 0.15) is 102 Å². The monoisotopic (exact) mass is 394 g/mol. The molecule has 4 rings (SSSR count). The molecule has 2 fully saturated rings. The lowest BCUT2D eigenvalue weighted by Crippen LogP contribution is -2.17. The summed E-state index contributed by atoms with van der Waals surface area (Å²) >= 11 is 0. The maximum atomic E-state index is 13.4. The zero-order valence-corrected chi connectivity index (χ0v) is 18.3. The van der Waals surface area contributed by atoms with Crippen LogP contribution in [0.15, 0.2) is 36.4 Å². The first-order valence-corrected chi connectivity index (χ1v) is 12.4. The van der Waals surface area contributed by atoms with Gasteiger partial charge in [0, 0.05) is 0 Å². The van der Waals surface area contributed by atoms with Crippen LogP contribution >= 0.6 is 0 Å². The summed E-state index contributed by atoms with van der Waals surface area (Å²) in [6.45, 7) is 2.32. The normalized spacial score (nSPS) is 27.9. The molecule has 0 nitrogen and oxygen atoms in total. The van der Waals surface area contributed by atoms with Crippen LogP contribution in [0, 0.1) is 23.6 Å². The van der Waals surface area contributed by atoms with Crippen molar-refractivity contribution in [2.24, 2.45) is 17.8 Å². The Labute approximate surface area is 177 Å². The van der Waals surface area contributed by atoms with E-state index in [9.17, 15) is 4.39 Å². The lowest BCUT2D eigenvalue weighted by molar-refractivity contribution is 0.223. The Bertz CT molecular complexity index is 763. The molecule has 158 valence electrons. The number of halogens is 1. The smallest absolute Gasteiger partial charge is 0.123 e. The Hall–Kier alpha value is -1.37. The number of hydrogen-bond acceptors (Lipinski definition) is 0. The minimum atomic E-state index is -0.139. The molecule has 0 atom stereocenters. The SMILES string of the molecule is CCCC[C@H]1CC[C@H](CC[C@H]2CC[C@H](c3ccc4cc(F)ccc4c3)CC2)CC1. The lowest BCUT2D eigenvalue weighted by Gasteiger charge is -2.32. The van der Waals surface area contributed by atoms with E-state index >= 15 is 0 Å². The molecular formula is C28H39F. The van der Waals surface area contributed by atoms with Crippen molar-refractivity contribution >= 4 is 10.8 Å². The van der Waals surface area contributed by atoms with Crippen LogP contribution in [0.3, 0.4) is 0 Å². The molecule has 0 heterocycles. The van der Waals surface area contributed by atoms with Crippen molar-refractivity contribution < 1.29 is 4.39 Å². The molecule has 2 aliphatic carbocycles. The third-order valence-corrected chi connectivity index (χ3v) is 8.06. The van der Waals surface area contributed by atoms with Crippen LogP contribution in [0.4, 0.5) is 4.39 Å². The van der Waals surface area contributed by atoms with Gasteiger partial charge in [-0.05, 0) is 77.8 Å². The van der Waals surface area contributed by atoms with Crippen molar-refractivity contribution in [1.82, 2.24) is 0 Å². The molecule has 0 unspecified atom stereocenters. The van der Waals surface area contributed by atoms with Crippen LogP contribution in [0.2, 0.25) is 0 Å². The van der Waals surface area contributed by atoms with E-state index in [1.807, 2.05) is 6.07 Å². The average molecular weight is 395 g/mol. The molecule has 0 aliphatic heterocycles.